The van der Waals surface area contributed by atoms with Crippen LogP contribution in [0.25, 0.3) is 0 Å². The maximum atomic E-state index is 5.47. The van der Waals surface area contributed by atoms with Crippen LogP contribution in [-0.2, 0) is 0 Å². The van der Waals surface area contributed by atoms with E-state index < -0.39 is 0 Å². The second-order valence-electron chi connectivity index (χ2n) is 3.77. The van der Waals surface area contributed by atoms with Crippen LogP contribution in [-0.4, -0.2) is 55.6 Å². The van der Waals surface area contributed by atoms with E-state index in [1.807, 2.05) is 0 Å². The molecule has 12 heavy (non-hydrogen) atoms. The Balaban J connectivity index is 2.21. The van der Waals surface area contributed by atoms with Gasteiger partial charge in [0.2, 0.25) is 0 Å². The Hall–Kier alpha value is -0.120. The van der Waals surface area contributed by atoms with E-state index in [4.69, 9.17) is 5.73 Å². The van der Waals surface area contributed by atoms with E-state index in [-0.39, 0.29) is 0 Å². The summed E-state index contributed by atoms with van der Waals surface area (Å²) in [5.41, 5.74) is 5.47. The molecule has 0 aliphatic carbocycles. The first-order valence-corrected chi connectivity index (χ1v) is 4.86. The first-order valence-electron chi connectivity index (χ1n) is 4.86. The molecule has 0 aromatic heterocycles. The van der Waals surface area contributed by atoms with E-state index in [1.165, 1.54) is 26.2 Å². The zero-order valence-electron chi connectivity index (χ0n) is 8.29. The van der Waals surface area contributed by atoms with Crippen molar-refractivity contribution in [3.8, 4) is 0 Å². The summed E-state index contributed by atoms with van der Waals surface area (Å²) in [7, 11) is 2.20. The SMILES string of the molecule is C[C@@H]1CN(CCCN)CCN1C. The molecule has 0 bridgehead atoms. The number of hydrogen-bond acceptors (Lipinski definition) is 3. The third-order valence-electron chi connectivity index (χ3n) is 2.72. The van der Waals surface area contributed by atoms with E-state index in [9.17, 15) is 0 Å². The molecule has 0 aromatic rings. The average Bonchev–Trinajstić information content (AvgIpc) is 2.07. The fourth-order valence-corrected chi connectivity index (χ4v) is 1.64. The molecule has 3 heteroatoms. The third-order valence-corrected chi connectivity index (χ3v) is 2.72. The molecule has 1 atom stereocenters. The Bertz CT molecular complexity index is 125. The molecule has 0 saturated carbocycles. The molecule has 0 radical (unpaired) electrons. The number of likely N-dealkylation sites (N-methyl/N-ethyl adjacent to an activating group) is 1. The van der Waals surface area contributed by atoms with Crippen molar-refractivity contribution in [2.75, 3.05) is 39.8 Å². The van der Waals surface area contributed by atoms with E-state index in [0.717, 1.165) is 13.0 Å². The van der Waals surface area contributed by atoms with E-state index >= 15 is 0 Å². The summed E-state index contributed by atoms with van der Waals surface area (Å²) in [6.45, 7) is 7.90. The lowest BCUT2D eigenvalue weighted by Gasteiger charge is -2.37. The van der Waals surface area contributed by atoms with Crippen LogP contribution in [0.5, 0.6) is 0 Å². The topological polar surface area (TPSA) is 32.5 Å². The Labute approximate surface area is 75.5 Å². The lowest BCUT2D eigenvalue weighted by Crippen LogP contribution is -2.50. The van der Waals surface area contributed by atoms with Gasteiger partial charge in [-0.15, -0.1) is 0 Å². The first-order chi connectivity index (χ1) is 5.74. The van der Waals surface area contributed by atoms with Gasteiger partial charge in [-0.25, -0.2) is 0 Å². The molecule has 1 heterocycles. The van der Waals surface area contributed by atoms with Crippen molar-refractivity contribution in [2.45, 2.75) is 19.4 Å². The fourth-order valence-electron chi connectivity index (χ4n) is 1.64. The van der Waals surface area contributed by atoms with Crippen LogP contribution in [0.3, 0.4) is 0 Å². The summed E-state index contributed by atoms with van der Waals surface area (Å²) in [4.78, 5) is 4.93. The lowest BCUT2D eigenvalue weighted by atomic mass is 10.2. The van der Waals surface area contributed by atoms with Crippen molar-refractivity contribution in [3.05, 3.63) is 0 Å². The zero-order chi connectivity index (χ0) is 8.97. The summed E-state index contributed by atoms with van der Waals surface area (Å²) in [5.74, 6) is 0. The molecule has 2 N–H and O–H groups in total. The van der Waals surface area contributed by atoms with Crippen molar-refractivity contribution >= 4 is 0 Å². The van der Waals surface area contributed by atoms with Crippen molar-refractivity contribution in [1.29, 1.82) is 0 Å². The van der Waals surface area contributed by atoms with Gasteiger partial charge in [0, 0.05) is 25.7 Å². The van der Waals surface area contributed by atoms with Crippen LogP contribution >= 0.6 is 0 Å². The highest BCUT2D eigenvalue weighted by atomic mass is 15.3. The van der Waals surface area contributed by atoms with Crippen LogP contribution in [0.15, 0.2) is 0 Å². The summed E-state index contributed by atoms with van der Waals surface area (Å²) < 4.78 is 0. The van der Waals surface area contributed by atoms with Crippen LogP contribution in [0.2, 0.25) is 0 Å². The van der Waals surface area contributed by atoms with Gasteiger partial charge in [-0.05, 0) is 33.5 Å². The highest BCUT2D eigenvalue weighted by Crippen LogP contribution is 2.06. The summed E-state index contributed by atoms with van der Waals surface area (Å²) >= 11 is 0. The van der Waals surface area contributed by atoms with E-state index in [0.29, 0.717) is 6.04 Å². The highest BCUT2D eigenvalue weighted by Gasteiger charge is 2.19. The first kappa shape index (κ1) is 9.96. The van der Waals surface area contributed by atoms with Gasteiger partial charge in [0.15, 0.2) is 0 Å². The zero-order valence-corrected chi connectivity index (χ0v) is 8.29. The minimum absolute atomic E-state index is 0.705. The van der Waals surface area contributed by atoms with Crippen LogP contribution in [0.1, 0.15) is 13.3 Å². The molecule has 0 unspecified atom stereocenters. The number of nitrogens with two attached hydrogens (primary N) is 1. The Morgan fingerprint density at radius 1 is 1.42 bits per heavy atom. The molecule has 1 rings (SSSR count). The molecule has 3 nitrogen and oxygen atoms in total. The van der Waals surface area contributed by atoms with Crippen LogP contribution < -0.4 is 5.73 Å². The van der Waals surface area contributed by atoms with Crippen LogP contribution in [0.4, 0.5) is 0 Å². The van der Waals surface area contributed by atoms with Crippen molar-refractivity contribution < 1.29 is 0 Å². The van der Waals surface area contributed by atoms with Gasteiger partial charge in [0.05, 0.1) is 0 Å². The third kappa shape index (κ3) is 2.73. The van der Waals surface area contributed by atoms with E-state index in [1.54, 1.807) is 0 Å². The van der Waals surface area contributed by atoms with Gasteiger partial charge < -0.3 is 15.5 Å². The second kappa shape index (κ2) is 4.80. The predicted molar refractivity (Wildman–Crippen MR) is 52.2 cm³/mol. The standard InChI is InChI=1S/C9H21N3/c1-9-8-12(5-3-4-10)7-6-11(9)2/h9H,3-8,10H2,1-2H3/t9-/m1/s1. The molecule has 1 aliphatic heterocycles. The number of nitrogens with zero attached hydrogens (tertiary/aromatic N) is 2. The fraction of sp³-hybridized carbons (Fsp3) is 1.00. The highest BCUT2D eigenvalue weighted by molar-refractivity contribution is 4.76. The normalized spacial score (nSPS) is 27.8. The van der Waals surface area contributed by atoms with Gasteiger partial charge in [-0.2, -0.15) is 0 Å². The van der Waals surface area contributed by atoms with Gasteiger partial charge >= 0.3 is 0 Å². The maximum Gasteiger partial charge on any atom is 0.0192 e. The minimum atomic E-state index is 0.705. The van der Waals surface area contributed by atoms with E-state index in [2.05, 4.69) is 23.8 Å². The number of piperazine rings is 1. The Morgan fingerprint density at radius 2 is 2.17 bits per heavy atom. The van der Waals surface area contributed by atoms with Gasteiger partial charge in [0.25, 0.3) is 0 Å². The Morgan fingerprint density at radius 3 is 2.75 bits per heavy atom. The van der Waals surface area contributed by atoms with Gasteiger partial charge in [0.1, 0.15) is 0 Å². The molecule has 0 spiro atoms. The lowest BCUT2D eigenvalue weighted by molar-refractivity contribution is 0.105. The maximum absolute atomic E-state index is 5.47. The molecule has 0 aromatic carbocycles. The monoisotopic (exact) mass is 171 g/mol. The van der Waals surface area contributed by atoms with Crippen molar-refractivity contribution in [1.82, 2.24) is 9.80 Å². The summed E-state index contributed by atoms with van der Waals surface area (Å²) in [5, 5.41) is 0. The average molecular weight is 171 g/mol. The minimum Gasteiger partial charge on any atom is -0.330 e. The molecular formula is C9H21N3. The molecular weight excluding hydrogens is 150 g/mol. The smallest absolute Gasteiger partial charge is 0.0192 e. The summed E-state index contributed by atoms with van der Waals surface area (Å²) in [6, 6.07) is 0.705. The Kier molecular flexibility index (Phi) is 3.98. The summed E-state index contributed by atoms with van der Waals surface area (Å²) in [6.07, 6.45) is 1.14. The quantitative estimate of drug-likeness (QED) is 0.647. The molecule has 0 amide bonds. The molecule has 1 aliphatic rings. The van der Waals surface area contributed by atoms with Crippen molar-refractivity contribution in [3.63, 3.8) is 0 Å². The molecule has 72 valence electrons. The number of rotatable bonds is 3. The van der Waals surface area contributed by atoms with Gasteiger partial charge in [-0.1, -0.05) is 0 Å². The molecule has 1 saturated heterocycles. The number of hydrogen-bond donors (Lipinski definition) is 1. The molecule has 1 fully saturated rings. The second-order valence-corrected chi connectivity index (χ2v) is 3.77. The van der Waals surface area contributed by atoms with Gasteiger partial charge in [-0.3, -0.25) is 0 Å². The predicted octanol–water partition coefficient (Wildman–Crippen LogP) is -0.0289. The largest absolute Gasteiger partial charge is 0.330 e. The van der Waals surface area contributed by atoms with Crippen LogP contribution in [0, 0.1) is 0 Å². The van der Waals surface area contributed by atoms with Crippen molar-refractivity contribution in [2.24, 2.45) is 5.73 Å².